The average Bonchev–Trinajstić information content (AvgIpc) is 2.62. The lowest BCUT2D eigenvalue weighted by atomic mass is 9.96. The maximum absolute atomic E-state index is 13.1. The molecule has 1 N–H and O–H groups in total. The number of carbonyl (C=O) groups is 1. The quantitative estimate of drug-likeness (QED) is 0.799. The molecule has 1 atom stereocenters. The highest BCUT2D eigenvalue weighted by Crippen LogP contribution is 2.42. The van der Waals surface area contributed by atoms with Crippen LogP contribution in [0.2, 0.25) is 0 Å². The summed E-state index contributed by atoms with van der Waals surface area (Å²) in [4.78, 5) is 13.7. The molecule has 0 aliphatic carbocycles. The van der Waals surface area contributed by atoms with Gasteiger partial charge in [-0.15, -0.1) is 12.4 Å². The standard InChI is InChI=1S/C13H13F3N2O.ClH/c1-7-4-8-10-6-17-2-3-18(10)12(19)11(8)9(5-7)13(14,15)16;/h4-5,10,17H,2-3,6H2,1H3;1H/t10-;/m0./s1. The number of benzene rings is 1. The van der Waals surface area contributed by atoms with Crippen molar-refractivity contribution in [2.75, 3.05) is 19.6 Å². The monoisotopic (exact) mass is 306 g/mol. The topological polar surface area (TPSA) is 32.3 Å². The van der Waals surface area contributed by atoms with Crippen LogP contribution in [0.5, 0.6) is 0 Å². The Labute approximate surface area is 120 Å². The number of nitrogens with zero attached hydrogens (tertiary/aromatic N) is 1. The van der Waals surface area contributed by atoms with Gasteiger partial charge in [0.25, 0.3) is 5.91 Å². The number of fused-ring (bicyclic) bond motifs is 3. The number of nitrogens with one attached hydrogen (secondary N) is 1. The van der Waals surface area contributed by atoms with Gasteiger partial charge in [0.05, 0.1) is 17.2 Å². The molecule has 2 heterocycles. The molecule has 7 heteroatoms. The smallest absolute Gasteiger partial charge is 0.329 e. The number of halogens is 4. The van der Waals surface area contributed by atoms with E-state index < -0.39 is 17.6 Å². The molecule has 1 aromatic carbocycles. The van der Waals surface area contributed by atoms with Gasteiger partial charge in [-0.05, 0) is 18.6 Å². The third-order valence-electron chi connectivity index (χ3n) is 3.70. The molecule has 2 aliphatic heterocycles. The van der Waals surface area contributed by atoms with Crippen molar-refractivity contribution in [3.63, 3.8) is 0 Å². The highest BCUT2D eigenvalue weighted by molar-refractivity contribution is 6.01. The molecule has 2 aliphatic rings. The second kappa shape index (κ2) is 4.93. The minimum absolute atomic E-state index is 0. The SMILES string of the molecule is Cc1cc2c(c(C(F)(F)F)c1)C(=O)N1CCNC[C@@H]21.Cl. The van der Waals surface area contributed by atoms with E-state index in [1.165, 1.54) is 4.90 Å². The van der Waals surface area contributed by atoms with Crippen LogP contribution in [0.3, 0.4) is 0 Å². The molecular formula is C13H14ClF3N2O. The first-order valence-electron chi connectivity index (χ1n) is 6.13. The number of aryl methyl sites for hydroxylation is 1. The van der Waals surface area contributed by atoms with Gasteiger partial charge in [0.1, 0.15) is 0 Å². The Kier molecular flexibility index (Phi) is 3.73. The average molecular weight is 307 g/mol. The Morgan fingerprint density at radius 1 is 1.35 bits per heavy atom. The molecule has 1 fully saturated rings. The Bertz CT molecular complexity index is 559. The predicted octanol–water partition coefficient (Wildman–Crippen LogP) is 2.54. The summed E-state index contributed by atoms with van der Waals surface area (Å²) in [6.07, 6.45) is -4.49. The van der Waals surface area contributed by atoms with Gasteiger partial charge < -0.3 is 10.2 Å². The lowest BCUT2D eigenvalue weighted by Crippen LogP contribution is -2.44. The lowest BCUT2D eigenvalue weighted by molar-refractivity contribution is -0.138. The summed E-state index contributed by atoms with van der Waals surface area (Å²) >= 11 is 0. The first-order chi connectivity index (χ1) is 8.89. The van der Waals surface area contributed by atoms with Crippen LogP contribution in [0.15, 0.2) is 12.1 Å². The van der Waals surface area contributed by atoms with Gasteiger partial charge in [0.2, 0.25) is 0 Å². The van der Waals surface area contributed by atoms with Crippen molar-refractivity contribution in [3.8, 4) is 0 Å². The van der Waals surface area contributed by atoms with Crippen LogP contribution in [0.4, 0.5) is 13.2 Å². The van der Waals surface area contributed by atoms with E-state index in [0.29, 0.717) is 30.8 Å². The molecule has 0 spiro atoms. The normalized spacial score (nSPS) is 21.3. The molecule has 1 amide bonds. The summed E-state index contributed by atoms with van der Waals surface area (Å²) < 4.78 is 39.3. The second-order valence-corrected chi connectivity index (χ2v) is 4.99. The highest BCUT2D eigenvalue weighted by atomic mass is 35.5. The number of alkyl halides is 3. The van der Waals surface area contributed by atoms with Gasteiger partial charge in [0, 0.05) is 19.6 Å². The summed E-state index contributed by atoms with van der Waals surface area (Å²) in [7, 11) is 0. The largest absolute Gasteiger partial charge is 0.417 e. The third kappa shape index (κ3) is 2.16. The van der Waals surface area contributed by atoms with E-state index in [0.717, 1.165) is 6.07 Å². The molecule has 1 aromatic rings. The fourth-order valence-electron chi connectivity index (χ4n) is 2.91. The van der Waals surface area contributed by atoms with Crippen molar-refractivity contribution in [3.05, 3.63) is 34.4 Å². The van der Waals surface area contributed by atoms with Crippen LogP contribution < -0.4 is 5.32 Å². The molecule has 0 saturated carbocycles. The summed E-state index contributed by atoms with van der Waals surface area (Å²) in [5.74, 6) is -0.492. The predicted molar refractivity (Wildman–Crippen MR) is 70.1 cm³/mol. The van der Waals surface area contributed by atoms with Crippen molar-refractivity contribution in [2.24, 2.45) is 0 Å². The van der Waals surface area contributed by atoms with E-state index in [9.17, 15) is 18.0 Å². The van der Waals surface area contributed by atoms with E-state index in [-0.39, 0.29) is 24.0 Å². The van der Waals surface area contributed by atoms with Crippen molar-refractivity contribution in [2.45, 2.75) is 19.1 Å². The van der Waals surface area contributed by atoms with E-state index in [1.54, 1.807) is 13.0 Å². The fraction of sp³-hybridized carbons (Fsp3) is 0.462. The van der Waals surface area contributed by atoms with Crippen molar-refractivity contribution < 1.29 is 18.0 Å². The molecule has 20 heavy (non-hydrogen) atoms. The van der Waals surface area contributed by atoms with Crippen molar-refractivity contribution >= 4 is 18.3 Å². The van der Waals surface area contributed by atoms with E-state index in [4.69, 9.17) is 0 Å². The summed E-state index contributed by atoms with van der Waals surface area (Å²) in [6.45, 7) is 3.21. The number of amides is 1. The van der Waals surface area contributed by atoms with Gasteiger partial charge >= 0.3 is 6.18 Å². The molecule has 0 unspecified atom stereocenters. The first kappa shape index (κ1) is 15.1. The van der Waals surface area contributed by atoms with Gasteiger partial charge in [0.15, 0.2) is 0 Å². The first-order valence-corrected chi connectivity index (χ1v) is 6.13. The lowest BCUT2D eigenvalue weighted by Gasteiger charge is -2.30. The van der Waals surface area contributed by atoms with Crippen LogP contribution in [0.1, 0.15) is 33.1 Å². The maximum Gasteiger partial charge on any atom is 0.417 e. The number of hydrogen-bond acceptors (Lipinski definition) is 2. The number of carbonyl (C=O) groups excluding carboxylic acids is 1. The third-order valence-corrected chi connectivity index (χ3v) is 3.70. The molecule has 1 saturated heterocycles. The highest BCUT2D eigenvalue weighted by Gasteiger charge is 2.45. The van der Waals surface area contributed by atoms with E-state index >= 15 is 0 Å². The van der Waals surface area contributed by atoms with Gasteiger partial charge in [-0.25, -0.2) is 0 Å². The molecule has 0 bridgehead atoms. The minimum atomic E-state index is -4.49. The Balaban J connectivity index is 0.00000147. The maximum atomic E-state index is 13.1. The number of hydrogen-bond donors (Lipinski definition) is 1. The van der Waals surface area contributed by atoms with Crippen molar-refractivity contribution in [1.82, 2.24) is 10.2 Å². The second-order valence-electron chi connectivity index (χ2n) is 4.99. The molecule has 0 radical (unpaired) electrons. The van der Waals surface area contributed by atoms with Crippen LogP contribution in [0, 0.1) is 6.92 Å². The Morgan fingerprint density at radius 3 is 2.70 bits per heavy atom. The van der Waals surface area contributed by atoms with Crippen LogP contribution in [-0.4, -0.2) is 30.4 Å². The van der Waals surface area contributed by atoms with Crippen molar-refractivity contribution in [1.29, 1.82) is 0 Å². The summed E-state index contributed by atoms with van der Waals surface area (Å²) in [5, 5.41) is 3.12. The van der Waals surface area contributed by atoms with Gasteiger partial charge in [-0.1, -0.05) is 11.6 Å². The zero-order valence-corrected chi connectivity index (χ0v) is 11.6. The van der Waals surface area contributed by atoms with Crippen LogP contribution in [0.25, 0.3) is 0 Å². The van der Waals surface area contributed by atoms with E-state index in [2.05, 4.69) is 5.32 Å². The van der Waals surface area contributed by atoms with Gasteiger partial charge in [-0.2, -0.15) is 13.2 Å². The zero-order chi connectivity index (χ0) is 13.8. The zero-order valence-electron chi connectivity index (χ0n) is 10.8. The summed E-state index contributed by atoms with van der Waals surface area (Å²) in [5.41, 5.74) is 0.0736. The molecule has 0 aromatic heterocycles. The van der Waals surface area contributed by atoms with Crippen LogP contribution in [-0.2, 0) is 6.18 Å². The number of rotatable bonds is 0. The Morgan fingerprint density at radius 2 is 2.05 bits per heavy atom. The molecular weight excluding hydrogens is 293 g/mol. The number of piperazine rings is 1. The van der Waals surface area contributed by atoms with Crippen LogP contribution >= 0.6 is 12.4 Å². The molecule has 110 valence electrons. The Hall–Kier alpha value is -1.27. The fourth-order valence-corrected chi connectivity index (χ4v) is 2.91. The minimum Gasteiger partial charge on any atom is -0.329 e. The van der Waals surface area contributed by atoms with E-state index in [1.807, 2.05) is 0 Å². The summed E-state index contributed by atoms with van der Waals surface area (Å²) in [6, 6.07) is 2.49. The molecule has 3 rings (SSSR count). The molecule has 3 nitrogen and oxygen atoms in total. The van der Waals surface area contributed by atoms with Gasteiger partial charge in [-0.3, -0.25) is 4.79 Å².